The molecular formula is C10H6Br2N4O. The van der Waals surface area contributed by atoms with Crippen LogP contribution in [0.4, 0.5) is 5.82 Å². The second-order valence-electron chi connectivity index (χ2n) is 3.41. The highest BCUT2D eigenvalue weighted by atomic mass is 79.9. The molecule has 3 heterocycles. The van der Waals surface area contributed by atoms with Crippen LogP contribution >= 0.6 is 31.9 Å². The smallest absolute Gasteiger partial charge is 0.218 e. The Morgan fingerprint density at radius 2 is 2.06 bits per heavy atom. The summed E-state index contributed by atoms with van der Waals surface area (Å²) >= 11 is 6.60. The van der Waals surface area contributed by atoms with Gasteiger partial charge in [0.15, 0.2) is 16.1 Å². The van der Waals surface area contributed by atoms with Crippen molar-refractivity contribution in [1.29, 1.82) is 0 Å². The summed E-state index contributed by atoms with van der Waals surface area (Å²) in [4.78, 5) is 4.35. The SMILES string of the molecule is Nc1cc(Br)cc2nc(-c3ccc(Br)o3)nn12. The van der Waals surface area contributed by atoms with Gasteiger partial charge in [-0.25, -0.2) is 4.98 Å². The number of nitrogen functional groups attached to an aromatic ring is 1. The average molecular weight is 358 g/mol. The Labute approximate surface area is 113 Å². The van der Waals surface area contributed by atoms with Gasteiger partial charge in [-0.15, -0.1) is 5.10 Å². The summed E-state index contributed by atoms with van der Waals surface area (Å²) in [6, 6.07) is 7.19. The van der Waals surface area contributed by atoms with Crippen molar-refractivity contribution in [1.82, 2.24) is 14.6 Å². The molecule has 0 aliphatic rings. The van der Waals surface area contributed by atoms with Gasteiger partial charge < -0.3 is 10.2 Å². The molecule has 0 amide bonds. The summed E-state index contributed by atoms with van der Waals surface area (Å²) in [7, 11) is 0. The van der Waals surface area contributed by atoms with E-state index < -0.39 is 0 Å². The molecule has 3 rings (SSSR count). The van der Waals surface area contributed by atoms with Crippen LogP contribution in [0.1, 0.15) is 0 Å². The van der Waals surface area contributed by atoms with Gasteiger partial charge in [0, 0.05) is 4.47 Å². The zero-order valence-corrected chi connectivity index (χ0v) is 11.6. The Balaban J connectivity index is 2.23. The average Bonchev–Trinajstić information content (AvgIpc) is 2.83. The minimum Gasteiger partial charge on any atom is -0.446 e. The van der Waals surface area contributed by atoms with Crippen molar-refractivity contribution < 1.29 is 4.42 Å². The van der Waals surface area contributed by atoms with Crippen molar-refractivity contribution in [2.24, 2.45) is 0 Å². The molecular weight excluding hydrogens is 352 g/mol. The third-order valence-electron chi connectivity index (χ3n) is 2.22. The monoisotopic (exact) mass is 356 g/mol. The van der Waals surface area contributed by atoms with E-state index in [0.717, 1.165) is 4.47 Å². The molecule has 0 radical (unpaired) electrons. The number of fused-ring (bicyclic) bond motifs is 1. The van der Waals surface area contributed by atoms with E-state index in [4.69, 9.17) is 10.2 Å². The molecule has 0 aromatic carbocycles. The molecule has 5 nitrogen and oxygen atoms in total. The lowest BCUT2D eigenvalue weighted by atomic mass is 10.4. The summed E-state index contributed by atoms with van der Waals surface area (Å²) in [6.45, 7) is 0. The normalized spacial score (nSPS) is 11.2. The first-order chi connectivity index (χ1) is 8.13. The van der Waals surface area contributed by atoms with E-state index in [2.05, 4.69) is 41.9 Å². The number of aromatic nitrogens is 3. The first-order valence-corrected chi connectivity index (χ1v) is 6.29. The lowest BCUT2D eigenvalue weighted by Crippen LogP contribution is -1.97. The van der Waals surface area contributed by atoms with Gasteiger partial charge >= 0.3 is 0 Å². The van der Waals surface area contributed by atoms with Gasteiger partial charge in [0.1, 0.15) is 5.82 Å². The van der Waals surface area contributed by atoms with Crippen LogP contribution in [0.25, 0.3) is 17.2 Å². The number of hydrogen-bond acceptors (Lipinski definition) is 4. The number of hydrogen-bond donors (Lipinski definition) is 1. The Morgan fingerprint density at radius 3 is 2.76 bits per heavy atom. The largest absolute Gasteiger partial charge is 0.446 e. The van der Waals surface area contributed by atoms with Gasteiger partial charge in [-0.3, -0.25) is 0 Å². The van der Waals surface area contributed by atoms with E-state index in [1.165, 1.54) is 0 Å². The van der Waals surface area contributed by atoms with Gasteiger partial charge in [-0.1, -0.05) is 15.9 Å². The zero-order chi connectivity index (χ0) is 12.0. The van der Waals surface area contributed by atoms with E-state index >= 15 is 0 Å². The standard InChI is InChI=1S/C10H6Br2N4O/c11-5-3-8(13)16-9(4-5)14-10(15-16)6-1-2-7(12)17-6/h1-4H,13H2. The number of nitrogens with two attached hydrogens (primary N) is 1. The number of nitrogens with zero attached hydrogens (tertiary/aromatic N) is 3. The lowest BCUT2D eigenvalue weighted by Gasteiger charge is -1.97. The summed E-state index contributed by atoms with van der Waals surface area (Å²) < 4.78 is 8.46. The van der Waals surface area contributed by atoms with Crippen molar-refractivity contribution in [3.8, 4) is 11.6 Å². The zero-order valence-electron chi connectivity index (χ0n) is 8.39. The van der Waals surface area contributed by atoms with Crippen LogP contribution in [-0.2, 0) is 0 Å². The predicted octanol–water partition coefficient (Wildman–Crippen LogP) is 3.10. The Hall–Kier alpha value is -1.34. The van der Waals surface area contributed by atoms with Crippen LogP contribution in [0.2, 0.25) is 0 Å². The fourth-order valence-corrected chi connectivity index (χ4v) is 2.26. The fraction of sp³-hybridized carbons (Fsp3) is 0. The van der Waals surface area contributed by atoms with E-state index in [0.29, 0.717) is 27.7 Å². The second-order valence-corrected chi connectivity index (χ2v) is 5.10. The fourth-order valence-electron chi connectivity index (χ4n) is 1.51. The maximum absolute atomic E-state index is 5.84. The molecule has 7 heteroatoms. The van der Waals surface area contributed by atoms with Crippen LogP contribution in [0.15, 0.2) is 37.8 Å². The van der Waals surface area contributed by atoms with E-state index in [1.807, 2.05) is 6.07 Å². The Morgan fingerprint density at radius 1 is 1.24 bits per heavy atom. The first kappa shape index (κ1) is 10.8. The van der Waals surface area contributed by atoms with Crippen LogP contribution in [0.3, 0.4) is 0 Å². The second kappa shape index (κ2) is 3.85. The van der Waals surface area contributed by atoms with Gasteiger partial charge in [-0.05, 0) is 40.2 Å². The molecule has 0 bridgehead atoms. The molecule has 2 N–H and O–H groups in total. The molecule has 0 aliphatic carbocycles. The summed E-state index contributed by atoms with van der Waals surface area (Å²) in [6.07, 6.45) is 0. The Kier molecular flexibility index (Phi) is 2.44. The van der Waals surface area contributed by atoms with Crippen LogP contribution in [0.5, 0.6) is 0 Å². The van der Waals surface area contributed by atoms with Gasteiger partial charge in [0.25, 0.3) is 0 Å². The molecule has 86 valence electrons. The molecule has 0 atom stereocenters. The molecule has 0 aliphatic heterocycles. The highest BCUT2D eigenvalue weighted by Gasteiger charge is 2.12. The highest BCUT2D eigenvalue weighted by molar-refractivity contribution is 9.10. The van der Waals surface area contributed by atoms with Crippen molar-refractivity contribution in [3.63, 3.8) is 0 Å². The number of pyridine rings is 1. The van der Waals surface area contributed by atoms with Crippen LogP contribution < -0.4 is 5.73 Å². The maximum atomic E-state index is 5.84. The van der Waals surface area contributed by atoms with E-state index in [-0.39, 0.29) is 0 Å². The molecule has 0 saturated heterocycles. The number of anilines is 1. The Bertz CT molecular complexity index is 703. The molecule has 3 aromatic heterocycles. The number of furan rings is 1. The van der Waals surface area contributed by atoms with Gasteiger partial charge in [0.05, 0.1) is 0 Å². The molecule has 17 heavy (non-hydrogen) atoms. The molecule has 0 spiro atoms. The third kappa shape index (κ3) is 1.85. The predicted molar refractivity (Wildman–Crippen MR) is 70.5 cm³/mol. The van der Waals surface area contributed by atoms with Crippen molar-refractivity contribution in [2.45, 2.75) is 0 Å². The van der Waals surface area contributed by atoms with Crippen molar-refractivity contribution in [3.05, 3.63) is 33.4 Å². The number of halogens is 2. The number of rotatable bonds is 1. The van der Waals surface area contributed by atoms with Crippen LogP contribution in [0, 0.1) is 0 Å². The quantitative estimate of drug-likeness (QED) is 0.726. The van der Waals surface area contributed by atoms with Crippen LogP contribution in [-0.4, -0.2) is 14.6 Å². The topological polar surface area (TPSA) is 69.3 Å². The van der Waals surface area contributed by atoms with Gasteiger partial charge in [0.2, 0.25) is 5.82 Å². The molecule has 0 saturated carbocycles. The highest BCUT2D eigenvalue weighted by Crippen LogP contribution is 2.24. The summed E-state index contributed by atoms with van der Waals surface area (Å²) in [5.41, 5.74) is 6.51. The molecule has 0 unspecified atom stereocenters. The lowest BCUT2D eigenvalue weighted by molar-refractivity contribution is 0.551. The van der Waals surface area contributed by atoms with Gasteiger partial charge in [-0.2, -0.15) is 4.52 Å². The maximum Gasteiger partial charge on any atom is 0.218 e. The molecule has 3 aromatic rings. The molecule has 0 fully saturated rings. The summed E-state index contributed by atoms with van der Waals surface area (Å²) in [5.74, 6) is 1.61. The minimum atomic E-state index is 0.500. The minimum absolute atomic E-state index is 0.500. The third-order valence-corrected chi connectivity index (χ3v) is 3.11. The van der Waals surface area contributed by atoms with E-state index in [1.54, 1.807) is 22.7 Å². The van der Waals surface area contributed by atoms with E-state index in [9.17, 15) is 0 Å². The van der Waals surface area contributed by atoms with Crippen molar-refractivity contribution in [2.75, 3.05) is 5.73 Å². The van der Waals surface area contributed by atoms with Crippen molar-refractivity contribution >= 4 is 43.3 Å². The summed E-state index contributed by atoms with van der Waals surface area (Å²) in [5, 5.41) is 4.28. The first-order valence-electron chi connectivity index (χ1n) is 4.71.